The van der Waals surface area contributed by atoms with Crippen LogP contribution in [0.1, 0.15) is 19.4 Å². The van der Waals surface area contributed by atoms with Crippen molar-refractivity contribution in [3.63, 3.8) is 0 Å². The molecule has 0 unspecified atom stereocenters. The quantitative estimate of drug-likeness (QED) is 0.664. The van der Waals surface area contributed by atoms with E-state index in [2.05, 4.69) is 60.5 Å². The molecule has 130 valence electrons. The lowest BCUT2D eigenvalue weighted by Gasteiger charge is -2.21. The lowest BCUT2D eigenvalue weighted by atomic mass is 10.2. The number of hydrogen-bond acceptors (Lipinski definition) is 4. The van der Waals surface area contributed by atoms with E-state index in [1.165, 1.54) is 11.3 Å². The highest BCUT2D eigenvalue weighted by Gasteiger charge is 2.01. The van der Waals surface area contributed by atoms with Crippen molar-refractivity contribution >= 4 is 11.4 Å². The van der Waals surface area contributed by atoms with Gasteiger partial charge in [0.15, 0.2) is 0 Å². The second-order valence-corrected chi connectivity index (χ2v) is 5.56. The summed E-state index contributed by atoms with van der Waals surface area (Å²) in [5, 5.41) is 3.46. The zero-order valence-corrected chi connectivity index (χ0v) is 14.9. The molecule has 0 heterocycles. The molecule has 0 atom stereocenters. The molecule has 0 spiro atoms. The number of anilines is 2. The summed E-state index contributed by atoms with van der Waals surface area (Å²) in [6, 6.07) is 16.8. The van der Waals surface area contributed by atoms with Crippen LogP contribution in [0.4, 0.5) is 11.4 Å². The topological polar surface area (TPSA) is 33.7 Å². The van der Waals surface area contributed by atoms with Gasteiger partial charge in [-0.3, -0.25) is 0 Å². The van der Waals surface area contributed by atoms with Crippen LogP contribution in [0, 0.1) is 0 Å². The molecule has 0 saturated carbocycles. The van der Waals surface area contributed by atoms with Crippen LogP contribution in [-0.2, 0) is 11.3 Å². The molecule has 0 radical (unpaired) electrons. The van der Waals surface area contributed by atoms with Crippen LogP contribution in [0.5, 0.6) is 5.75 Å². The van der Waals surface area contributed by atoms with Gasteiger partial charge in [0.1, 0.15) is 12.4 Å². The molecule has 1 N–H and O–H groups in total. The molecule has 0 saturated heterocycles. The van der Waals surface area contributed by atoms with Crippen molar-refractivity contribution in [2.75, 3.05) is 43.6 Å². The van der Waals surface area contributed by atoms with E-state index in [0.717, 1.165) is 31.1 Å². The van der Waals surface area contributed by atoms with E-state index >= 15 is 0 Å². The molecule has 0 aromatic heterocycles. The van der Waals surface area contributed by atoms with E-state index in [1.54, 1.807) is 7.11 Å². The fourth-order valence-corrected chi connectivity index (χ4v) is 2.53. The SMILES string of the molecule is CCN(CC)c1ccc(NCc2ccc(OCCOC)cc2)cc1. The summed E-state index contributed by atoms with van der Waals surface area (Å²) in [6.07, 6.45) is 0. The third kappa shape index (κ3) is 5.46. The minimum atomic E-state index is 0.576. The Morgan fingerprint density at radius 1 is 0.875 bits per heavy atom. The molecule has 0 aliphatic heterocycles. The number of methoxy groups -OCH3 is 1. The second-order valence-electron chi connectivity index (χ2n) is 5.56. The van der Waals surface area contributed by atoms with Crippen molar-refractivity contribution in [2.24, 2.45) is 0 Å². The Bertz CT molecular complexity index is 578. The minimum Gasteiger partial charge on any atom is -0.491 e. The summed E-state index contributed by atoms with van der Waals surface area (Å²) in [7, 11) is 1.67. The number of nitrogens with one attached hydrogen (secondary N) is 1. The van der Waals surface area contributed by atoms with Crippen LogP contribution >= 0.6 is 0 Å². The first-order valence-electron chi connectivity index (χ1n) is 8.56. The first-order chi connectivity index (χ1) is 11.8. The molecule has 0 bridgehead atoms. The highest BCUT2D eigenvalue weighted by molar-refractivity contribution is 5.55. The average Bonchev–Trinajstić information content (AvgIpc) is 2.63. The maximum Gasteiger partial charge on any atom is 0.119 e. The van der Waals surface area contributed by atoms with Crippen LogP contribution < -0.4 is 15.0 Å². The lowest BCUT2D eigenvalue weighted by molar-refractivity contribution is 0.146. The Morgan fingerprint density at radius 3 is 2.12 bits per heavy atom. The van der Waals surface area contributed by atoms with Gasteiger partial charge in [0.05, 0.1) is 6.61 Å². The normalized spacial score (nSPS) is 10.5. The molecule has 2 aromatic rings. The van der Waals surface area contributed by atoms with Crippen molar-refractivity contribution < 1.29 is 9.47 Å². The number of benzene rings is 2. The molecule has 0 aliphatic carbocycles. The summed E-state index contributed by atoms with van der Waals surface area (Å²) >= 11 is 0. The van der Waals surface area contributed by atoms with Gasteiger partial charge in [-0.05, 0) is 55.8 Å². The maximum atomic E-state index is 5.57. The van der Waals surface area contributed by atoms with Gasteiger partial charge >= 0.3 is 0 Å². The molecule has 0 amide bonds. The first-order valence-corrected chi connectivity index (χ1v) is 8.56. The fraction of sp³-hybridized carbons (Fsp3) is 0.400. The third-order valence-corrected chi connectivity index (χ3v) is 3.97. The van der Waals surface area contributed by atoms with Crippen LogP contribution in [0.15, 0.2) is 48.5 Å². The van der Waals surface area contributed by atoms with E-state index in [9.17, 15) is 0 Å². The lowest BCUT2D eigenvalue weighted by Crippen LogP contribution is -2.21. The summed E-state index contributed by atoms with van der Waals surface area (Å²) in [4.78, 5) is 2.34. The Balaban J connectivity index is 1.84. The zero-order chi connectivity index (χ0) is 17.2. The van der Waals surface area contributed by atoms with Gasteiger partial charge in [-0.25, -0.2) is 0 Å². The smallest absolute Gasteiger partial charge is 0.119 e. The van der Waals surface area contributed by atoms with Crippen molar-refractivity contribution in [1.29, 1.82) is 0 Å². The predicted octanol–water partition coefficient (Wildman–Crippen LogP) is 4.17. The van der Waals surface area contributed by atoms with Crippen molar-refractivity contribution in [2.45, 2.75) is 20.4 Å². The average molecular weight is 328 g/mol. The largest absolute Gasteiger partial charge is 0.491 e. The van der Waals surface area contributed by atoms with Crippen LogP contribution in [0.25, 0.3) is 0 Å². The van der Waals surface area contributed by atoms with E-state index in [4.69, 9.17) is 9.47 Å². The summed E-state index contributed by atoms with van der Waals surface area (Å²) in [5.41, 5.74) is 3.62. The van der Waals surface area contributed by atoms with Crippen molar-refractivity contribution in [3.8, 4) is 5.75 Å². The number of hydrogen-bond donors (Lipinski definition) is 1. The second kappa shape index (κ2) is 9.83. The van der Waals surface area contributed by atoms with Crippen LogP contribution in [-0.4, -0.2) is 33.4 Å². The summed E-state index contributed by atoms with van der Waals surface area (Å²) in [6.45, 7) is 8.39. The highest BCUT2D eigenvalue weighted by atomic mass is 16.5. The summed E-state index contributed by atoms with van der Waals surface area (Å²) in [5.74, 6) is 0.874. The van der Waals surface area contributed by atoms with Crippen molar-refractivity contribution in [3.05, 3.63) is 54.1 Å². The minimum absolute atomic E-state index is 0.576. The Labute approximate surface area is 145 Å². The highest BCUT2D eigenvalue weighted by Crippen LogP contribution is 2.19. The molecular formula is C20H28N2O2. The predicted molar refractivity (Wildman–Crippen MR) is 101 cm³/mol. The van der Waals surface area contributed by atoms with Crippen molar-refractivity contribution in [1.82, 2.24) is 0 Å². The number of nitrogens with zero attached hydrogens (tertiary/aromatic N) is 1. The van der Waals surface area contributed by atoms with E-state index in [0.29, 0.717) is 13.2 Å². The molecule has 4 heteroatoms. The van der Waals surface area contributed by atoms with E-state index in [-0.39, 0.29) is 0 Å². The molecule has 0 fully saturated rings. The van der Waals surface area contributed by atoms with Gasteiger partial charge in [0.25, 0.3) is 0 Å². The van der Waals surface area contributed by atoms with E-state index < -0.39 is 0 Å². The first kappa shape index (κ1) is 18.1. The molecule has 2 aromatic carbocycles. The van der Waals surface area contributed by atoms with Gasteiger partial charge in [0.2, 0.25) is 0 Å². The standard InChI is InChI=1S/C20H28N2O2/c1-4-22(5-2)19-10-8-18(9-11-19)21-16-17-6-12-20(13-7-17)24-15-14-23-3/h6-13,21H,4-5,14-16H2,1-3H3. The third-order valence-electron chi connectivity index (χ3n) is 3.97. The molecule has 24 heavy (non-hydrogen) atoms. The monoisotopic (exact) mass is 328 g/mol. The molecule has 2 rings (SSSR count). The Kier molecular flexibility index (Phi) is 7.43. The number of ether oxygens (including phenoxy) is 2. The van der Waals surface area contributed by atoms with Gasteiger partial charge in [-0.1, -0.05) is 12.1 Å². The molecular weight excluding hydrogens is 300 g/mol. The van der Waals surface area contributed by atoms with Gasteiger partial charge < -0.3 is 19.7 Å². The van der Waals surface area contributed by atoms with Gasteiger partial charge in [-0.15, -0.1) is 0 Å². The Hall–Kier alpha value is -2.20. The Morgan fingerprint density at radius 2 is 1.54 bits per heavy atom. The zero-order valence-electron chi connectivity index (χ0n) is 14.9. The molecule has 4 nitrogen and oxygen atoms in total. The van der Waals surface area contributed by atoms with E-state index in [1.807, 2.05) is 12.1 Å². The molecule has 0 aliphatic rings. The van der Waals surface area contributed by atoms with Crippen LogP contribution in [0.3, 0.4) is 0 Å². The fourth-order valence-electron chi connectivity index (χ4n) is 2.53. The van der Waals surface area contributed by atoms with Crippen LogP contribution in [0.2, 0.25) is 0 Å². The number of rotatable bonds is 10. The summed E-state index contributed by atoms with van der Waals surface area (Å²) < 4.78 is 10.5. The maximum absolute atomic E-state index is 5.57. The van der Waals surface area contributed by atoms with Gasteiger partial charge in [0, 0.05) is 38.1 Å². The van der Waals surface area contributed by atoms with Gasteiger partial charge in [-0.2, -0.15) is 0 Å².